The summed E-state index contributed by atoms with van der Waals surface area (Å²) in [6.07, 6.45) is 6.95. The van der Waals surface area contributed by atoms with E-state index in [1.807, 2.05) is 0 Å². The zero-order valence-corrected chi connectivity index (χ0v) is 10.5. The van der Waals surface area contributed by atoms with Crippen LogP contribution in [0.5, 0.6) is 0 Å². The van der Waals surface area contributed by atoms with E-state index in [0.29, 0.717) is 0 Å². The second kappa shape index (κ2) is 8.28. The third-order valence-corrected chi connectivity index (χ3v) is 3.30. The molecular formula is C13H23BNO2. The molecule has 0 atom stereocenters. The van der Waals surface area contributed by atoms with Crippen LogP contribution in [0.1, 0.15) is 32.1 Å². The summed E-state index contributed by atoms with van der Waals surface area (Å²) in [5.41, 5.74) is 1.31. The van der Waals surface area contributed by atoms with Gasteiger partial charge in [-0.3, -0.25) is 0 Å². The predicted molar refractivity (Wildman–Crippen MR) is 73.7 cm³/mol. The highest BCUT2D eigenvalue weighted by Gasteiger charge is 2.18. The van der Waals surface area contributed by atoms with Crippen LogP contribution >= 0.6 is 0 Å². The highest BCUT2D eigenvalue weighted by atomic mass is 16.0. The molecule has 4 heteroatoms. The average molecular weight is 236 g/mol. The lowest BCUT2D eigenvalue weighted by Gasteiger charge is -2.31. The van der Waals surface area contributed by atoms with E-state index in [1.165, 1.54) is 37.6 Å². The molecule has 1 fully saturated rings. The number of nitrogens with zero attached hydrogens (tertiary/aromatic N) is 1. The lowest BCUT2D eigenvalue weighted by Crippen LogP contribution is -2.41. The first-order valence-corrected chi connectivity index (χ1v) is 5.98. The van der Waals surface area contributed by atoms with Gasteiger partial charge in [0.15, 0.2) is 0 Å². The molecule has 0 amide bonds. The van der Waals surface area contributed by atoms with Crippen LogP contribution in [0, 0.1) is 0 Å². The van der Waals surface area contributed by atoms with Crippen molar-refractivity contribution in [1.82, 2.24) is 4.81 Å². The van der Waals surface area contributed by atoms with Crippen molar-refractivity contribution in [3.63, 3.8) is 0 Å². The molecule has 17 heavy (non-hydrogen) atoms. The smallest absolute Gasteiger partial charge is 0.247 e. The molecule has 4 N–H and O–H groups in total. The lowest BCUT2D eigenvalue weighted by molar-refractivity contribution is 0.293. The first kappa shape index (κ1) is 16.2. The van der Waals surface area contributed by atoms with Gasteiger partial charge in [0.05, 0.1) is 0 Å². The van der Waals surface area contributed by atoms with E-state index in [1.54, 1.807) is 0 Å². The van der Waals surface area contributed by atoms with Gasteiger partial charge in [0.2, 0.25) is 7.41 Å². The van der Waals surface area contributed by atoms with Crippen molar-refractivity contribution in [3.8, 4) is 0 Å². The van der Waals surface area contributed by atoms with E-state index in [9.17, 15) is 0 Å². The minimum Gasteiger partial charge on any atom is -0.412 e. The summed E-state index contributed by atoms with van der Waals surface area (Å²) in [5, 5.41) is 0. The summed E-state index contributed by atoms with van der Waals surface area (Å²) in [6.45, 7) is 0. The average Bonchev–Trinajstić information content (AvgIpc) is 2.31. The maximum atomic E-state index is 2.40. The fourth-order valence-corrected chi connectivity index (χ4v) is 2.37. The van der Waals surface area contributed by atoms with Crippen LogP contribution in [0.4, 0.5) is 0 Å². The topological polar surface area (TPSA) is 66.2 Å². The Labute approximate surface area is 105 Å². The zero-order chi connectivity index (χ0) is 10.5. The minimum absolute atomic E-state index is 0. The molecule has 1 aromatic rings. The fraction of sp³-hybridized carbons (Fsp3) is 0.538. The van der Waals surface area contributed by atoms with Gasteiger partial charge in [0, 0.05) is 0 Å². The van der Waals surface area contributed by atoms with Crippen LogP contribution in [-0.4, -0.2) is 36.3 Å². The van der Waals surface area contributed by atoms with Gasteiger partial charge in [-0.1, -0.05) is 55.1 Å². The van der Waals surface area contributed by atoms with E-state index >= 15 is 0 Å². The van der Waals surface area contributed by atoms with Crippen LogP contribution in [0.15, 0.2) is 30.3 Å². The molecule has 0 bridgehead atoms. The standard InChI is InChI=1S/C13H19BN.2H2O/c1-15(13-10-6-3-7-11-13)14-12-8-4-2-5-9-12;;/h2,4-5,8-9,13H,3,6-7,10-11H2,1H3;2*1H2. The first-order chi connectivity index (χ1) is 7.36. The molecule has 1 aliphatic carbocycles. The Bertz CT molecular complexity index is 289. The van der Waals surface area contributed by atoms with Crippen molar-refractivity contribution in [1.29, 1.82) is 0 Å². The molecule has 2 rings (SSSR count). The Morgan fingerprint density at radius 1 is 1.00 bits per heavy atom. The van der Waals surface area contributed by atoms with Crippen molar-refractivity contribution in [3.05, 3.63) is 30.3 Å². The molecule has 0 aromatic heterocycles. The Morgan fingerprint density at radius 3 is 2.18 bits per heavy atom. The van der Waals surface area contributed by atoms with Gasteiger partial charge in [0.1, 0.15) is 0 Å². The lowest BCUT2D eigenvalue weighted by atomic mass is 9.78. The van der Waals surface area contributed by atoms with Crippen molar-refractivity contribution in [2.24, 2.45) is 0 Å². The van der Waals surface area contributed by atoms with E-state index in [4.69, 9.17) is 0 Å². The minimum atomic E-state index is 0. The number of benzene rings is 1. The molecule has 0 unspecified atom stereocenters. The predicted octanol–water partition coefficient (Wildman–Crippen LogP) is 0.546. The Morgan fingerprint density at radius 2 is 1.59 bits per heavy atom. The molecular weight excluding hydrogens is 213 g/mol. The molecule has 0 saturated heterocycles. The summed E-state index contributed by atoms with van der Waals surface area (Å²) in [5.74, 6) is 0. The Hall–Kier alpha value is -0.835. The van der Waals surface area contributed by atoms with Crippen molar-refractivity contribution in [2.75, 3.05) is 7.05 Å². The highest BCUT2D eigenvalue weighted by molar-refractivity contribution is 6.50. The fourth-order valence-electron chi connectivity index (χ4n) is 2.37. The highest BCUT2D eigenvalue weighted by Crippen LogP contribution is 2.20. The maximum absolute atomic E-state index is 2.40. The third-order valence-electron chi connectivity index (χ3n) is 3.30. The second-order valence-electron chi connectivity index (χ2n) is 4.50. The van der Waals surface area contributed by atoms with Gasteiger partial charge in [-0.25, -0.2) is 0 Å². The molecule has 0 aliphatic heterocycles. The second-order valence-corrected chi connectivity index (χ2v) is 4.50. The normalized spacial score (nSPS) is 15.9. The van der Waals surface area contributed by atoms with Crippen LogP contribution < -0.4 is 5.46 Å². The van der Waals surface area contributed by atoms with Gasteiger partial charge < -0.3 is 15.8 Å². The summed E-state index contributed by atoms with van der Waals surface area (Å²) >= 11 is 0. The third kappa shape index (κ3) is 4.90. The molecule has 1 aliphatic rings. The molecule has 0 spiro atoms. The van der Waals surface area contributed by atoms with E-state index in [2.05, 4.69) is 49.6 Å². The first-order valence-electron chi connectivity index (χ1n) is 5.98. The van der Waals surface area contributed by atoms with Crippen LogP contribution in [0.3, 0.4) is 0 Å². The van der Waals surface area contributed by atoms with E-state index < -0.39 is 0 Å². The van der Waals surface area contributed by atoms with Crippen LogP contribution in [-0.2, 0) is 0 Å². The van der Waals surface area contributed by atoms with E-state index in [0.717, 1.165) is 6.04 Å². The van der Waals surface area contributed by atoms with Gasteiger partial charge in [-0.2, -0.15) is 0 Å². The van der Waals surface area contributed by atoms with Crippen molar-refractivity contribution < 1.29 is 11.0 Å². The molecule has 95 valence electrons. The largest absolute Gasteiger partial charge is 0.412 e. The van der Waals surface area contributed by atoms with Gasteiger partial charge in [0.25, 0.3) is 0 Å². The summed E-state index contributed by atoms with van der Waals surface area (Å²) in [7, 11) is 4.49. The molecule has 0 heterocycles. The molecule has 1 aromatic carbocycles. The van der Waals surface area contributed by atoms with Gasteiger partial charge >= 0.3 is 0 Å². The van der Waals surface area contributed by atoms with Crippen LogP contribution in [0.25, 0.3) is 0 Å². The molecule has 1 radical (unpaired) electrons. The van der Waals surface area contributed by atoms with Crippen molar-refractivity contribution >= 4 is 12.9 Å². The number of hydrogen-bond donors (Lipinski definition) is 0. The van der Waals surface area contributed by atoms with Gasteiger partial charge in [-0.05, 0) is 25.9 Å². The summed E-state index contributed by atoms with van der Waals surface area (Å²) < 4.78 is 0. The van der Waals surface area contributed by atoms with Crippen LogP contribution in [0.2, 0.25) is 0 Å². The Balaban J connectivity index is 0.00000128. The number of hydrogen-bond acceptors (Lipinski definition) is 1. The van der Waals surface area contributed by atoms with Crippen molar-refractivity contribution in [2.45, 2.75) is 38.1 Å². The SMILES string of the molecule is CN([B]c1ccccc1)C1CCCCC1.O.O. The maximum Gasteiger partial charge on any atom is 0.247 e. The number of rotatable bonds is 3. The molecule has 1 saturated carbocycles. The monoisotopic (exact) mass is 236 g/mol. The van der Waals surface area contributed by atoms with E-state index in [-0.39, 0.29) is 11.0 Å². The zero-order valence-electron chi connectivity index (χ0n) is 10.5. The quantitative estimate of drug-likeness (QED) is 0.706. The summed E-state index contributed by atoms with van der Waals surface area (Å²) in [6, 6.07) is 11.4. The Kier molecular flexibility index (Phi) is 7.88. The summed E-state index contributed by atoms with van der Waals surface area (Å²) in [4.78, 5) is 2.40. The van der Waals surface area contributed by atoms with Gasteiger partial charge in [-0.15, -0.1) is 0 Å². The molecule has 3 nitrogen and oxygen atoms in total.